The number of nitrogens with zero attached hydrogens (tertiary/aromatic N) is 3. The van der Waals surface area contributed by atoms with Crippen molar-refractivity contribution in [2.75, 3.05) is 44.2 Å². The number of carbonyl (C=O) groups excluding carboxylic acids is 2. The van der Waals surface area contributed by atoms with Crippen LogP contribution in [0.25, 0.3) is 0 Å². The van der Waals surface area contributed by atoms with E-state index in [9.17, 15) is 9.59 Å². The fraction of sp³-hybridized carbons (Fsp3) is 0.619. The van der Waals surface area contributed by atoms with Crippen LogP contribution in [0.1, 0.15) is 45.1 Å². The first-order chi connectivity index (χ1) is 13.1. The second-order valence-electron chi connectivity index (χ2n) is 7.06. The zero-order valence-electron chi connectivity index (χ0n) is 16.8. The number of unbranched alkanes of at least 4 members (excludes halogenated alkanes) is 3. The van der Waals surface area contributed by atoms with Gasteiger partial charge in [0.15, 0.2) is 0 Å². The molecule has 6 heteroatoms. The fourth-order valence-corrected chi connectivity index (χ4v) is 3.50. The first-order valence-electron chi connectivity index (χ1n) is 10.2. The van der Waals surface area contributed by atoms with Crippen molar-refractivity contribution in [1.29, 1.82) is 0 Å². The molecule has 0 aromatic heterocycles. The molecule has 6 nitrogen and oxygen atoms in total. The Labute approximate surface area is 163 Å². The highest BCUT2D eigenvalue weighted by atomic mass is 16.2. The van der Waals surface area contributed by atoms with Crippen molar-refractivity contribution < 1.29 is 9.59 Å². The lowest BCUT2D eigenvalue weighted by atomic mass is 10.1. The molecule has 0 spiro atoms. The highest BCUT2D eigenvalue weighted by molar-refractivity contribution is 6.35. The number of nitrogens with two attached hydrogens (primary N) is 1. The van der Waals surface area contributed by atoms with Crippen molar-refractivity contribution in [2.24, 2.45) is 5.73 Å². The molecular formula is C21H34N4O2. The van der Waals surface area contributed by atoms with E-state index in [0.29, 0.717) is 32.7 Å². The van der Waals surface area contributed by atoms with Gasteiger partial charge in [-0.1, -0.05) is 25.0 Å². The lowest BCUT2D eigenvalue weighted by Gasteiger charge is -2.34. The van der Waals surface area contributed by atoms with Crippen molar-refractivity contribution in [3.05, 3.63) is 29.8 Å². The van der Waals surface area contributed by atoms with Crippen LogP contribution in [-0.2, 0) is 16.1 Å². The molecule has 2 N–H and O–H groups in total. The lowest BCUT2D eigenvalue weighted by molar-refractivity contribution is -0.156. The van der Waals surface area contributed by atoms with Gasteiger partial charge in [0.1, 0.15) is 0 Å². The zero-order chi connectivity index (χ0) is 19.6. The molecular weight excluding hydrogens is 340 g/mol. The Morgan fingerprint density at radius 3 is 2.11 bits per heavy atom. The van der Waals surface area contributed by atoms with Crippen molar-refractivity contribution >= 4 is 17.5 Å². The van der Waals surface area contributed by atoms with Gasteiger partial charge in [-0.05, 0) is 50.9 Å². The Balaban J connectivity index is 1.85. The van der Waals surface area contributed by atoms with Gasteiger partial charge in [0.25, 0.3) is 0 Å². The van der Waals surface area contributed by atoms with Crippen LogP contribution in [0.3, 0.4) is 0 Å². The predicted octanol–water partition coefficient (Wildman–Crippen LogP) is 2.22. The summed E-state index contributed by atoms with van der Waals surface area (Å²) in [6, 6.07) is 8.28. The summed E-state index contributed by atoms with van der Waals surface area (Å²) in [5.74, 6) is -0.740. The monoisotopic (exact) mass is 374 g/mol. The maximum Gasteiger partial charge on any atom is 0.312 e. The van der Waals surface area contributed by atoms with E-state index in [4.69, 9.17) is 5.73 Å². The van der Waals surface area contributed by atoms with Crippen LogP contribution in [0.15, 0.2) is 24.3 Å². The van der Waals surface area contributed by atoms with Crippen molar-refractivity contribution in [3.63, 3.8) is 0 Å². The Kier molecular flexibility index (Phi) is 8.58. The standard InChI is InChI=1S/C21H34N4O2/c1-3-23(4-2)19-11-9-18(10-12-19)17-25-16-15-24(20(26)21(25)27)14-8-6-5-7-13-22/h9-12H,3-8,13-17,22H2,1-2H3. The molecule has 1 aromatic carbocycles. The molecule has 150 valence electrons. The van der Waals surface area contributed by atoms with Crippen molar-refractivity contribution in [2.45, 2.75) is 46.1 Å². The minimum Gasteiger partial charge on any atom is -0.372 e. The van der Waals surface area contributed by atoms with Crippen LogP contribution >= 0.6 is 0 Å². The maximum absolute atomic E-state index is 12.5. The number of amides is 2. The molecule has 1 aliphatic rings. The minimum atomic E-state index is -0.379. The third-order valence-electron chi connectivity index (χ3n) is 5.22. The Hall–Kier alpha value is -2.08. The summed E-state index contributed by atoms with van der Waals surface area (Å²) in [6.45, 7) is 9.32. The van der Waals surface area contributed by atoms with Crippen LogP contribution in [-0.4, -0.2) is 60.9 Å². The number of rotatable bonds is 11. The van der Waals surface area contributed by atoms with E-state index in [1.165, 1.54) is 5.69 Å². The summed E-state index contributed by atoms with van der Waals surface area (Å²) in [7, 11) is 0. The molecule has 0 radical (unpaired) electrons. The average molecular weight is 375 g/mol. The molecule has 1 fully saturated rings. The van der Waals surface area contributed by atoms with E-state index < -0.39 is 0 Å². The molecule has 1 saturated heterocycles. The third kappa shape index (κ3) is 5.96. The topological polar surface area (TPSA) is 69.9 Å². The fourth-order valence-electron chi connectivity index (χ4n) is 3.50. The minimum absolute atomic E-state index is 0.361. The maximum atomic E-state index is 12.5. The van der Waals surface area contributed by atoms with Gasteiger partial charge in [-0.3, -0.25) is 9.59 Å². The van der Waals surface area contributed by atoms with Gasteiger partial charge < -0.3 is 20.4 Å². The van der Waals surface area contributed by atoms with Crippen molar-refractivity contribution in [3.8, 4) is 0 Å². The summed E-state index contributed by atoms with van der Waals surface area (Å²) in [5, 5.41) is 0. The van der Waals surface area contributed by atoms with Gasteiger partial charge in [-0.2, -0.15) is 0 Å². The number of hydrogen-bond donors (Lipinski definition) is 1. The molecule has 1 aromatic rings. The SMILES string of the molecule is CCN(CC)c1ccc(CN2CCN(CCCCCCN)C(=O)C2=O)cc1. The quantitative estimate of drug-likeness (QED) is 0.476. The van der Waals surface area contributed by atoms with Crippen LogP contribution in [0.4, 0.5) is 5.69 Å². The second kappa shape index (κ2) is 10.9. The van der Waals surface area contributed by atoms with Gasteiger partial charge in [0.2, 0.25) is 0 Å². The predicted molar refractivity (Wildman–Crippen MR) is 110 cm³/mol. The van der Waals surface area contributed by atoms with Gasteiger partial charge in [0, 0.05) is 45.0 Å². The van der Waals surface area contributed by atoms with Crippen LogP contribution < -0.4 is 10.6 Å². The Bertz CT molecular complexity index is 599. The molecule has 1 aliphatic heterocycles. The van der Waals surface area contributed by atoms with E-state index >= 15 is 0 Å². The van der Waals surface area contributed by atoms with Gasteiger partial charge in [-0.15, -0.1) is 0 Å². The molecule has 1 heterocycles. The van der Waals surface area contributed by atoms with Crippen LogP contribution in [0.5, 0.6) is 0 Å². The Morgan fingerprint density at radius 2 is 1.48 bits per heavy atom. The van der Waals surface area contributed by atoms with Crippen LogP contribution in [0.2, 0.25) is 0 Å². The lowest BCUT2D eigenvalue weighted by Crippen LogP contribution is -2.54. The molecule has 0 unspecified atom stereocenters. The van der Waals surface area contributed by atoms with Crippen molar-refractivity contribution in [1.82, 2.24) is 9.80 Å². The molecule has 2 rings (SSSR count). The number of carbonyl (C=O) groups is 2. The van der Waals surface area contributed by atoms with Gasteiger partial charge in [0.05, 0.1) is 0 Å². The van der Waals surface area contributed by atoms with E-state index in [2.05, 4.69) is 43.0 Å². The molecule has 0 saturated carbocycles. The van der Waals surface area contributed by atoms with Gasteiger partial charge >= 0.3 is 11.8 Å². The summed E-state index contributed by atoms with van der Waals surface area (Å²) in [5.41, 5.74) is 7.74. The average Bonchev–Trinajstić information content (AvgIpc) is 2.69. The van der Waals surface area contributed by atoms with E-state index in [1.807, 2.05) is 0 Å². The number of piperazine rings is 1. The first kappa shape index (κ1) is 21.2. The summed E-state index contributed by atoms with van der Waals surface area (Å²) in [6.07, 6.45) is 4.10. The van der Waals surface area contributed by atoms with Gasteiger partial charge in [-0.25, -0.2) is 0 Å². The highest BCUT2D eigenvalue weighted by Crippen LogP contribution is 2.17. The summed E-state index contributed by atoms with van der Waals surface area (Å²) in [4.78, 5) is 30.5. The number of anilines is 1. The second-order valence-corrected chi connectivity index (χ2v) is 7.06. The summed E-state index contributed by atoms with van der Waals surface area (Å²) < 4.78 is 0. The third-order valence-corrected chi connectivity index (χ3v) is 5.22. The largest absolute Gasteiger partial charge is 0.372 e. The zero-order valence-corrected chi connectivity index (χ0v) is 16.8. The number of benzene rings is 1. The first-order valence-corrected chi connectivity index (χ1v) is 10.2. The highest BCUT2D eigenvalue weighted by Gasteiger charge is 2.31. The van der Waals surface area contributed by atoms with E-state index in [0.717, 1.165) is 44.3 Å². The van der Waals surface area contributed by atoms with Crippen LogP contribution in [0, 0.1) is 0 Å². The molecule has 0 atom stereocenters. The smallest absolute Gasteiger partial charge is 0.312 e. The Morgan fingerprint density at radius 1 is 0.889 bits per heavy atom. The normalized spacial score (nSPS) is 14.8. The molecule has 2 amide bonds. The summed E-state index contributed by atoms with van der Waals surface area (Å²) >= 11 is 0. The molecule has 0 aliphatic carbocycles. The van der Waals surface area contributed by atoms with E-state index in [-0.39, 0.29) is 11.8 Å². The van der Waals surface area contributed by atoms with E-state index in [1.54, 1.807) is 9.80 Å². The molecule has 27 heavy (non-hydrogen) atoms. The number of hydrogen-bond acceptors (Lipinski definition) is 4. The molecule has 0 bridgehead atoms.